The van der Waals surface area contributed by atoms with Crippen LogP contribution in [-0.2, 0) is 4.74 Å². The van der Waals surface area contributed by atoms with Gasteiger partial charge in [0, 0.05) is 12.5 Å². The Bertz CT molecular complexity index is 117. The molecule has 0 aromatic rings. The molecule has 1 aliphatic rings. The van der Waals surface area contributed by atoms with Crippen LogP contribution in [0.15, 0.2) is 0 Å². The summed E-state index contributed by atoms with van der Waals surface area (Å²) in [6.07, 6.45) is 2.97. The first kappa shape index (κ1) is 10.0. The SMILES string of the molecule is CC(C)CCC(O)C1CCOC1. The van der Waals surface area contributed by atoms with Gasteiger partial charge < -0.3 is 9.84 Å². The molecule has 1 N–H and O–H groups in total. The predicted octanol–water partition coefficient (Wildman–Crippen LogP) is 1.82. The second kappa shape index (κ2) is 4.83. The molecule has 72 valence electrons. The van der Waals surface area contributed by atoms with E-state index in [1.54, 1.807) is 0 Å². The number of hydrogen-bond acceptors (Lipinski definition) is 2. The van der Waals surface area contributed by atoms with Gasteiger partial charge in [0.15, 0.2) is 0 Å². The zero-order chi connectivity index (χ0) is 8.97. The minimum absolute atomic E-state index is 0.130. The van der Waals surface area contributed by atoms with Crippen molar-refractivity contribution in [2.24, 2.45) is 11.8 Å². The van der Waals surface area contributed by atoms with Gasteiger partial charge in [0.05, 0.1) is 12.7 Å². The lowest BCUT2D eigenvalue weighted by Crippen LogP contribution is -2.20. The highest BCUT2D eigenvalue weighted by atomic mass is 16.5. The summed E-state index contributed by atoms with van der Waals surface area (Å²) in [5.41, 5.74) is 0. The normalized spacial score (nSPS) is 26.5. The van der Waals surface area contributed by atoms with Crippen molar-refractivity contribution >= 4 is 0 Å². The van der Waals surface area contributed by atoms with E-state index in [9.17, 15) is 5.11 Å². The third-order valence-electron chi connectivity index (χ3n) is 2.55. The maximum absolute atomic E-state index is 9.72. The lowest BCUT2D eigenvalue weighted by atomic mass is 9.95. The Kier molecular flexibility index (Phi) is 4.02. The monoisotopic (exact) mass is 172 g/mol. The van der Waals surface area contributed by atoms with E-state index in [1.165, 1.54) is 0 Å². The average molecular weight is 172 g/mol. The molecule has 2 unspecified atom stereocenters. The van der Waals surface area contributed by atoms with E-state index in [0.717, 1.165) is 32.5 Å². The smallest absolute Gasteiger partial charge is 0.0591 e. The number of aliphatic hydroxyl groups excluding tert-OH is 1. The molecule has 0 aromatic heterocycles. The van der Waals surface area contributed by atoms with Crippen LogP contribution in [0.4, 0.5) is 0 Å². The molecule has 2 nitrogen and oxygen atoms in total. The number of ether oxygens (including phenoxy) is 1. The lowest BCUT2D eigenvalue weighted by Gasteiger charge is -2.16. The van der Waals surface area contributed by atoms with Crippen LogP contribution in [0.5, 0.6) is 0 Å². The van der Waals surface area contributed by atoms with Crippen LogP contribution in [-0.4, -0.2) is 24.4 Å². The molecule has 0 aromatic carbocycles. The Morgan fingerprint density at radius 3 is 2.67 bits per heavy atom. The van der Waals surface area contributed by atoms with Crippen molar-refractivity contribution in [2.75, 3.05) is 13.2 Å². The summed E-state index contributed by atoms with van der Waals surface area (Å²) < 4.78 is 5.23. The number of rotatable bonds is 4. The molecule has 1 rings (SSSR count). The molecular weight excluding hydrogens is 152 g/mol. The summed E-state index contributed by atoms with van der Waals surface area (Å²) in [6.45, 7) is 5.98. The highest BCUT2D eigenvalue weighted by molar-refractivity contribution is 4.72. The van der Waals surface area contributed by atoms with E-state index in [4.69, 9.17) is 4.74 Å². The topological polar surface area (TPSA) is 29.5 Å². The highest BCUT2D eigenvalue weighted by Crippen LogP contribution is 2.21. The van der Waals surface area contributed by atoms with Crippen molar-refractivity contribution in [2.45, 2.75) is 39.2 Å². The van der Waals surface area contributed by atoms with Crippen molar-refractivity contribution in [3.05, 3.63) is 0 Å². The molecule has 2 heteroatoms. The maximum atomic E-state index is 9.72. The van der Waals surface area contributed by atoms with Gasteiger partial charge in [-0.2, -0.15) is 0 Å². The Morgan fingerprint density at radius 2 is 2.17 bits per heavy atom. The van der Waals surface area contributed by atoms with E-state index in [-0.39, 0.29) is 6.10 Å². The summed E-state index contributed by atoms with van der Waals surface area (Å²) in [6, 6.07) is 0. The zero-order valence-corrected chi connectivity index (χ0v) is 8.12. The van der Waals surface area contributed by atoms with Crippen LogP contribution >= 0.6 is 0 Å². The predicted molar refractivity (Wildman–Crippen MR) is 49.0 cm³/mol. The molecule has 0 bridgehead atoms. The summed E-state index contributed by atoms with van der Waals surface area (Å²) in [5, 5.41) is 9.72. The van der Waals surface area contributed by atoms with Gasteiger partial charge in [-0.05, 0) is 25.2 Å². The fourth-order valence-electron chi connectivity index (χ4n) is 1.60. The minimum atomic E-state index is -0.130. The molecule has 1 saturated heterocycles. The fourth-order valence-corrected chi connectivity index (χ4v) is 1.60. The van der Waals surface area contributed by atoms with Crippen molar-refractivity contribution in [3.8, 4) is 0 Å². The second-order valence-corrected chi connectivity index (χ2v) is 4.16. The fraction of sp³-hybridized carbons (Fsp3) is 1.00. The van der Waals surface area contributed by atoms with Gasteiger partial charge in [-0.15, -0.1) is 0 Å². The summed E-state index contributed by atoms with van der Waals surface area (Å²) in [7, 11) is 0. The first-order valence-electron chi connectivity index (χ1n) is 4.96. The quantitative estimate of drug-likeness (QED) is 0.701. The minimum Gasteiger partial charge on any atom is -0.393 e. The average Bonchev–Trinajstić information content (AvgIpc) is 2.51. The van der Waals surface area contributed by atoms with Crippen molar-refractivity contribution in [1.29, 1.82) is 0 Å². The summed E-state index contributed by atoms with van der Waals surface area (Å²) in [4.78, 5) is 0. The van der Waals surface area contributed by atoms with Crippen molar-refractivity contribution in [3.63, 3.8) is 0 Å². The first-order valence-corrected chi connectivity index (χ1v) is 4.96. The first-order chi connectivity index (χ1) is 5.70. The van der Waals surface area contributed by atoms with Crippen LogP contribution in [0.1, 0.15) is 33.1 Å². The van der Waals surface area contributed by atoms with Crippen LogP contribution in [0.25, 0.3) is 0 Å². The molecule has 1 aliphatic heterocycles. The van der Waals surface area contributed by atoms with Gasteiger partial charge in [-0.1, -0.05) is 13.8 Å². The van der Waals surface area contributed by atoms with E-state index in [2.05, 4.69) is 13.8 Å². The van der Waals surface area contributed by atoms with Gasteiger partial charge >= 0.3 is 0 Å². The molecule has 0 saturated carbocycles. The Labute approximate surface area is 74.9 Å². The zero-order valence-electron chi connectivity index (χ0n) is 8.12. The number of hydrogen-bond donors (Lipinski definition) is 1. The maximum Gasteiger partial charge on any atom is 0.0591 e. The molecule has 0 amide bonds. The van der Waals surface area contributed by atoms with E-state index in [0.29, 0.717) is 11.8 Å². The standard InChI is InChI=1S/C10H20O2/c1-8(2)3-4-10(11)9-5-6-12-7-9/h8-11H,3-7H2,1-2H3. The van der Waals surface area contributed by atoms with Gasteiger partial charge in [0.2, 0.25) is 0 Å². The summed E-state index contributed by atoms with van der Waals surface area (Å²) >= 11 is 0. The third-order valence-corrected chi connectivity index (χ3v) is 2.55. The summed E-state index contributed by atoms with van der Waals surface area (Å²) in [5.74, 6) is 1.10. The Balaban J connectivity index is 2.13. The molecule has 12 heavy (non-hydrogen) atoms. The van der Waals surface area contributed by atoms with Gasteiger partial charge in [0.25, 0.3) is 0 Å². The van der Waals surface area contributed by atoms with Crippen LogP contribution in [0.3, 0.4) is 0 Å². The van der Waals surface area contributed by atoms with Crippen LogP contribution in [0.2, 0.25) is 0 Å². The molecule has 1 heterocycles. The molecule has 2 atom stereocenters. The number of aliphatic hydroxyl groups is 1. The molecule has 0 aliphatic carbocycles. The third kappa shape index (κ3) is 3.11. The Morgan fingerprint density at radius 1 is 1.42 bits per heavy atom. The van der Waals surface area contributed by atoms with Crippen molar-refractivity contribution < 1.29 is 9.84 Å². The molecule has 1 fully saturated rings. The van der Waals surface area contributed by atoms with Crippen molar-refractivity contribution in [1.82, 2.24) is 0 Å². The van der Waals surface area contributed by atoms with Gasteiger partial charge in [0.1, 0.15) is 0 Å². The molecule has 0 spiro atoms. The second-order valence-electron chi connectivity index (χ2n) is 4.16. The van der Waals surface area contributed by atoms with E-state index >= 15 is 0 Å². The Hall–Kier alpha value is -0.0800. The van der Waals surface area contributed by atoms with E-state index < -0.39 is 0 Å². The van der Waals surface area contributed by atoms with Gasteiger partial charge in [-0.3, -0.25) is 0 Å². The highest BCUT2D eigenvalue weighted by Gasteiger charge is 2.23. The van der Waals surface area contributed by atoms with E-state index in [1.807, 2.05) is 0 Å². The lowest BCUT2D eigenvalue weighted by molar-refractivity contribution is 0.0803. The van der Waals surface area contributed by atoms with Crippen LogP contribution < -0.4 is 0 Å². The molecule has 0 radical (unpaired) electrons. The van der Waals surface area contributed by atoms with Gasteiger partial charge in [-0.25, -0.2) is 0 Å². The van der Waals surface area contributed by atoms with Crippen LogP contribution in [0, 0.1) is 11.8 Å². The largest absolute Gasteiger partial charge is 0.393 e. The molecular formula is C10H20O2.